The maximum Gasteiger partial charge on any atom is 0.0799 e. The first-order valence-electron chi connectivity index (χ1n) is 4.52. The van der Waals surface area contributed by atoms with E-state index in [2.05, 4.69) is 21.9 Å². The summed E-state index contributed by atoms with van der Waals surface area (Å²) >= 11 is 3.43. The molecule has 1 N–H and O–H groups in total. The molecule has 74 valence electrons. The van der Waals surface area contributed by atoms with Gasteiger partial charge in [-0.2, -0.15) is 0 Å². The second kappa shape index (κ2) is 5.19. The lowest BCUT2D eigenvalue weighted by molar-refractivity contribution is 0.169. The van der Waals surface area contributed by atoms with Crippen molar-refractivity contribution in [1.82, 2.24) is 0 Å². The highest BCUT2D eigenvalue weighted by atomic mass is 79.9. The van der Waals surface area contributed by atoms with Gasteiger partial charge < -0.3 is 5.11 Å². The molecule has 0 aliphatic rings. The highest BCUT2D eigenvalue weighted by molar-refractivity contribution is 9.10. The zero-order valence-electron chi connectivity index (χ0n) is 8.13. The number of hydrogen-bond acceptors (Lipinski definition) is 1. The molecule has 0 saturated heterocycles. The van der Waals surface area contributed by atoms with Crippen LogP contribution < -0.4 is 0 Å². The van der Waals surface area contributed by atoms with Crippen molar-refractivity contribution < 1.29 is 5.11 Å². The third-order valence-corrected chi connectivity index (χ3v) is 3.00. The molecule has 0 aliphatic heterocycles. The molecular weight excluding hydrogens is 240 g/mol. The fourth-order valence-corrected chi connectivity index (χ4v) is 1.60. The number of benzene rings is 1. The van der Waals surface area contributed by atoms with Crippen molar-refractivity contribution in [3.8, 4) is 12.3 Å². The normalized spacial score (nSPS) is 12.1. The molecule has 0 heterocycles. The van der Waals surface area contributed by atoms with Gasteiger partial charge in [-0.1, -0.05) is 28.1 Å². The van der Waals surface area contributed by atoms with E-state index in [9.17, 15) is 5.11 Å². The fourth-order valence-electron chi connectivity index (χ4n) is 1.20. The predicted molar refractivity (Wildman–Crippen MR) is 61.9 cm³/mol. The van der Waals surface area contributed by atoms with Gasteiger partial charge in [0, 0.05) is 10.9 Å². The minimum atomic E-state index is -0.456. The highest BCUT2D eigenvalue weighted by Gasteiger charge is 2.07. The molecule has 0 amide bonds. The van der Waals surface area contributed by atoms with Crippen LogP contribution in [0, 0.1) is 19.3 Å². The Bertz CT molecular complexity index is 352. The second-order valence-electron chi connectivity index (χ2n) is 3.27. The van der Waals surface area contributed by atoms with Gasteiger partial charge in [-0.25, -0.2) is 0 Å². The Kier molecular flexibility index (Phi) is 4.19. The van der Waals surface area contributed by atoms with E-state index in [0.717, 1.165) is 15.6 Å². The quantitative estimate of drug-likeness (QED) is 0.820. The molecule has 1 aromatic rings. The topological polar surface area (TPSA) is 20.2 Å². The summed E-state index contributed by atoms with van der Waals surface area (Å²) in [4.78, 5) is 0. The van der Waals surface area contributed by atoms with Gasteiger partial charge in [-0.05, 0) is 30.5 Å². The second-order valence-corrected chi connectivity index (χ2v) is 4.12. The molecule has 2 heteroatoms. The maximum absolute atomic E-state index is 9.75. The van der Waals surface area contributed by atoms with E-state index in [1.165, 1.54) is 0 Å². The van der Waals surface area contributed by atoms with Gasteiger partial charge in [0.1, 0.15) is 0 Å². The molecule has 14 heavy (non-hydrogen) atoms. The number of aliphatic hydroxyl groups is 1. The summed E-state index contributed by atoms with van der Waals surface area (Å²) in [6, 6.07) is 5.86. The third kappa shape index (κ3) is 2.87. The Balaban J connectivity index is 2.76. The van der Waals surface area contributed by atoms with Crippen LogP contribution in [0.25, 0.3) is 0 Å². The smallest absolute Gasteiger partial charge is 0.0799 e. The van der Waals surface area contributed by atoms with Gasteiger partial charge in [-0.3, -0.25) is 0 Å². The molecule has 1 nitrogen and oxygen atoms in total. The lowest BCUT2D eigenvalue weighted by Gasteiger charge is -2.10. The number of halogens is 1. The van der Waals surface area contributed by atoms with Crippen LogP contribution >= 0.6 is 15.9 Å². The molecule has 0 saturated carbocycles. The standard InChI is InChI=1S/C12H13BrO/c1-3-4-5-12(14)10-7-6-9(2)11(13)8-10/h1,6-8,12,14H,4-5H2,2H3. The Morgan fingerprint density at radius 3 is 2.86 bits per heavy atom. The first kappa shape index (κ1) is 11.3. The average molecular weight is 253 g/mol. The number of hydrogen-bond donors (Lipinski definition) is 1. The van der Waals surface area contributed by atoms with Crippen molar-refractivity contribution >= 4 is 15.9 Å². The van der Waals surface area contributed by atoms with Gasteiger partial charge >= 0.3 is 0 Å². The Hall–Kier alpha value is -0.780. The molecule has 1 rings (SSSR count). The Labute approximate surface area is 93.3 Å². The van der Waals surface area contributed by atoms with E-state index < -0.39 is 6.10 Å². The summed E-state index contributed by atoms with van der Waals surface area (Å²) in [5.74, 6) is 2.52. The first-order chi connectivity index (χ1) is 6.65. The molecule has 0 aliphatic carbocycles. The van der Waals surface area contributed by atoms with Gasteiger partial charge in [-0.15, -0.1) is 12.3 Å². The largest absolute Gasteiger partial charge is 0.388 e. The molecular formula is C12H13BrO. The summed E-state index contributed by atoms with van der Waals surface area (Å²) in [6.07, 6.45) is 5.90. The van der Waals surface area contributed by atoms with E-state index in [4.69, 9.17) is 6.42 Å². The van der Waals surface area contributed by atoms with Crippen molar-refractivity contribution in [1.29, 1.82) is 0 Å². The van der Waals surface area contributed by atoms with Crippen LogP contribution in [-0.2, 0) is 0 Å². The van der Waals surface area contributed by atoms with Crippen LogP contribution in [0.4, 0.5) is 0 Å². The van der Waals surface area contributed by atoms with Crippen LogP contribution in [0.15, 0.2) is 22.7 Å². The van der Waals surface area contributed by atoms with Gasteiger partial charge in [0.25, 0.3) is 0 Å². The molecule has 0 radical (unpaired) electrons. The van der Waals surface area contributed by atoms with Crippen LogP contribution in [-0.4, -0.2) is 5.11 Å². The van der Waals surface area contributed by atoms with Crippen molar-refractivity contribution in [2.75, 3.05) is 0 Å². The predicted octanol–water partition coefficient (Wildman–Crippen LogP) is 3.20. The summed E-state index contributed by atoms with van der Waals surface area (Å²) < 4.78 is 1.02. The van der Waals surface area contributed by atoms with Crippen molar-refractivity contribution in [3.63, 3.8) is 0 Å². The summed E-state index contributed by atoms with van der Waals surface area (Å²) in [6.45, 7) is 2.02. The third-order valence-electron chi connectivity index (χ3n) is 2.14. The molecule has 1 aromatic carbocycles. The molecule has 0 spiro atoms. The zero-order chi connectivity index (χ0) is 10.6. The number of rotatable bonds is 3. The minimum Gasteiger partial charge on any atom is -0.388 e. The van der Waals surface area contributed by atoms with Crippen LogP contribution in [0.1, 0.15) is 30.1 Å². The van der Waals surface area contributed by atoms with Crippen molar-refractivity contribution in [2.24, 2.45) is 0 Å². The molecule has 0 fully saturated rings. The molecule has 0 aromatic heterocycles. The summed E-state index contributed by atoms with van der Waals surface area (Å²) in [5.41, 5.74) is 2.08. The molecule has 0 bridgehead atoms. The van der Waals surface area contributed by atoms with E-state index in [-0.39, 0.29) is 0 Å². The average Bonchev–Trinajstić information content (AvgIpc) is 2.18. The minimum absolute atomic E-state index is 0.456. The summed E-state index contributed by atoms with van der Waals surface area (Å²) in [5, 5.41) is 9.75. The van der Waals surface area contributed by atoms with E-state index in [1.807, 2.05) is 25.1 Å². The van der Waals surface area contributed by atoms with Crippen molar-refractivity contribution in [2.45, 2.75) is 25.9 Å². The SMILES string of the molecule is C#CCCC(O)c1ccc(C)c(Br)c1. The number of aliphatic hydroxyl groups excluding tert-OH is 1. The van der Waals surface area contributed by atoms with Gasteiger partial charge in [0.15, 0.2) is 0 Å². The molecule has 1 atom stereocenters. The van der Waals surface area contributed by atoms with E-state index in [1.54, 1.807) is 0 Å². The van der Waals surface area contributed by atoms with Crippen LogP contribution in [0.5, 0.6) is 0 Å². The lowest BCUT2D eigenvalue weighted by Crippen LogP contribution is -1.97. The van der Waals surface area contributed by atoms with Crippen molar-refractivity contribution in [3.05, 3.63) is 33.8 Å². The first-order valence-corrected chi connectivity index (χ1v) is 5.32. The maximum atomic E-state index is 9.75. The molecule has 1 unspecified atom stereocenters. The zero-order valence-corrected chi connectivity index (χ0v) is 9.71. The fraction of sp³-hybridized carbons (Fsp3) is 0.333. The van der Waals surface area contributed by atoms with E-state index >= 15 is 0 Å². The van der Waals surface area contributed by atoms with E-state index in [0.29, 0.717) is 12.8 Å². The Morgan fingerprint density at radius 2 is 2.29 bits per heavy atom. The highest BCUT2D eigenvalue weighted by Crippen LogP contribution is 2.24. The Morgan fingerprint density at radius 1 is 1.57 bits per heavy atom. The lowest BCUT2D eigenvalue weighted by atomic mass is 10.0. The number of aryl methyl sites for hydroxylation is 1. The van der Waals surface area contributed by atoms with Gasteiger partial charge in [0.05, 0.1) is 6.10 Å². The van der Waals surface area contributed by atoms with Crippen LogP contribution in [0.2, 0.25) is 0 Å². The monoisotopic (exact) mass is 252 g/mol. The summed E-state index contributed by atoms with van der Waals surface area (Å²) in [7, 11) is 0. The van der Waals surface area contributed by atoms with Gasteiger partial charge in [0.2, 0.25) is 0 Å². The van der Waals surface area contributed by atoms with Crippen LogP contribution in [0.3, 0.4) is 0 Å². The number of terminal acetylenes is 1.